The summed E-state index contributed by atoms with van der Waals surface area (Å²) in [4.78, 5) is 45.8. The molecule has 1 aromatic carbocycles. The molecule has 3 saturated heterocycles. The highest BCUT2D eigenvalue weighted by molar-refractivity contribution is 7.99. The molecular weight excluding hydrogens is 438 g/mol. The molecule has 3 amide bonds. The lowest BCUT2D eigenvalue weighted by molar-refractivity contribution is -0.153. The lowest BCUT2D eigenvalue weighted by Gasteiger charge is -2.35. The normalized spacial score (nSPS) is 22.0. The van der Waals surface area contributed by atoms with Crippen molar-refractivity contribution in [3.05, 3.63) is 35.4 Å². The van der Waals surface area contributed by atoms with Gasteiger partial charge in [0.1, 0.15) is 12.6 Å². The minimum Gasteiger partial charge on any atom is -0.352 e. The maximum Gasteiger partial charge on any atom is 0.251 e. The quantitative estimate of drug-likeness (QED) is 0.541. The zero-order valence-corrected chi connectivity index (χ0v) is 20.3. The molecule has 8 nitrogen and oxygen atoms in total. The first-order chi connectivity index (χ1) is 16.0. The van der Waals surface area contributed by atoms with Crippen molar-refractivity contribution in [2.24, 2.45) is 0 Å². The van der Waals surface area contributed by atoms with Crippen LogP contribution in [-0.2, 0) is 16.1 Å². The Balaban J connectivity index is 1.18. The number of benzene rings is 1. The molecule has 1 unspecified atom stereocenters. The molecule has 4 rings (SSSR count). The average molecular weight is 474 g/mol. The molecule has 0 aliphatic carbocycles. The first-order valence-electron chi connectivity index (χ1n) is 12.0. The number of amides is 3. The number of hydrogen-bond donors (Lipinski definition) is 1. The van der Waals surface area contributed by atoms with Gasteiger partial charge >= 0.3 is 0 Å². The summed E-state index contributed by atoms with van der Waals surface area (Å²) in [7, 11) is 0. The Bertz CT molecular complexity index is 841. The molecule has 0 radical (unpaired) electrons. The molecule has 33 heavy (non-hydrogen) atoms. The van der Waals surface area contributed by atoms with Crippen LogP contribution in [0, 0.1) is 0 Å². The van der Waals surface area contributed by atoms with Crippen molar-refractivity contribution in [1.29, 1.82) is 0 Å². The van der Waals surface area contributed by atoms with Gasteiger partial charge in [-0.3, -0.25) is 14.4 Å². The highest BCUT2D eigenvalue weighted by Gasteiger charge is 2.42. The van der Waals surface area contributed by atoms with Crippen molar-refractivity contribution in [1.82, 2.24) is 24.9 Å². The van der Waals surface area contributed by atoms with Crippen molar-refractivity contribution >= 4 is 29.5 Å². The van der Waals surface area contributed by atoms with Crippen LogP contribution in [0.3, 0.4) is 0 Å². The monoisotopic (exact) mass is 473 g/mol. The van der Waals surface area contributed by atoms with Crippen molar-refractivity contribution < 1.29 is 14.4 Å². The molecular formula is C24H35N5O3S. The average Bonchev–Trinajstić information content (AvgIpc) is 3.33. The lowest BCUT2D eigenvalue weighted by Crippen LogP contribution is -2.57. The van der Waals surface area contributed by atoms with Crippen LogP contribution in [0.5, 0.6) is 0 Å². The van der Waals surface area contributed by atoms with Crippen LogP contribution in [0.2, 0.25) is 0 Å². The van der Waals surface area contributed by atoms with E-state index in [0.29, 0.717) is 30.3 Å². The third kappa shape index (κ3) is 6.07. The van der Waals surface area contributed by atoms with Crippen molar-refractivity contribution in [2.45, 2.75) is 32.4 Å². The molecule has 1 aromatic rings. The maximum absolute atomic E-state index is 12.7. The fourth-order valence-electron chi connectivity index (χ4n) is 4.71. The van der Waals surface area contributed by atoms with E-state index in [1.807, 2.05) is 12.1 Å². The Kier molecular flexibility index (Phi) is 8.27. The molecule has 0 bridgehead atoms. The topological polar surface area (TPSA) is 76.2 Å². The van der Waals surface area contributed by atoms with Crippen LogP contribution in [0.1, 0.15) is 35.7 Å². The zero-order chi connectivity index (χ0) is 23.2. The molecule has 3 fully saturated rings. The summed E-state index contributed by atoms with van der Waals surface area (Å²) in [6.45, 7) is 10.1. The molecule has 0 spiro atoms. The fraction of sp³-hybridized carbons (Fsp3) is 0.625. The lowest BCUT2D eigenvalue weighted by atomic mass is 10.1. The summed E-state index contributed by atoms with van der Waals surface area (Å²) in [5, 5.41) is 3.01. The van der Waals surface area contributed by atoms with E-state index in [4.69, 9.17) is 0 Å². The van der Waals surface area contributed by atoms with E-state index >= 15 is 0 Å². The van der Waals surface area contributed by atoms with Gasteiger partial charge in [-0.05, 0) is 43.6 Å². The number of piperazine rings is 2. The molecule has 9 heteroatoms. The van der Waals surface area contributed by atoms with Gasteiger partial charge in [-0.15, -0.1) is 11.8 Å². The summed E-state index contributed by atoms with van der Waals surface area (Å²) >= 11 is 1.63. The number of carbonyl (C=O) groups is 3. The predicted molar refractivity (Wildman–Crippen MR) is 130 cm³/mol. The van der Waals surface area contributed by atoms with E-state index in [1.165, 1.54) is 13.0 Å². The van der Waals surface area contributed by atoms with Gasteiger partial charge in [-0.2, -0.15) is 0 Å². The van der Waals surface area contributed by atoms with E-state index in [1.54, 1.807) is 33.7 Å². The summed E-state index contributed by atoms with van der Waals surface area (Å²) < 4.78 is 0. The highest BCUT2D eigenvalue weighted by atomic mass is 32.2. The summed E-state index contributed by atoms with van der Waals surface area (Å²) in [5.41, 5.74) is 1.54. The van der Waals surface area contributed by atoms with Crippen LogP contribution in [0.15, 0.2) is 24.3 Å². The first kappa shape index (κ1) is 24.0. The van der Waals surface area contributed by atoms with E-state index < -0.39 is 0 Å². The second kappa shape index (κ2) is 11.4. The number of fused-ring (bicyclic) bond motifs is 1. The molecule has 0 saturated carbocycles. The minimum atomic E-state index is -0.318. The Morgan fingerprint density at radius 3 is 2.45 bits per heavy atom. The van der Waals surface area contributed by atoms with Gasteiger partial charge in [0.05, 0.1) is 5.88 Å². The molecule has 1 N–H and O–H groups in total. The SMILES string of the molecule is CCCN1CCN(CCCNC(=O)c2ccc(CN3CC(=O)N4CSCC4C3=O)cc2)CC1. The number of nitrogens with zero attached hydrogens (tertiary/aromatic N) is 4. The summed E-state index contributed by atoms with van der Waals surface area (Å²) in [6.07, 6.45) is 2.15. The van der Waals surface area contributed by atoms with E-state index in [2.05, 4.69) is 22.0 Å². The number of nitrogens with one attached hydrogen (secondary N) is 1. The van der Waals surface area contributed by atoms with Gasteiger partial charge < -0.3 is 24.9 Å². The standard InChI is InChI=1S/C24H35N5O3S/c1-2-9-26-11-13-27(14-12-26)10-3-8-25-23(31)20-6-4-19(5-7-20)15-28-16-22(30)29-18-33-17-21(29)24(28)32/h4-7,21H,2-3,8-18H2,1H3,(H,25,31). The second-order valence-electron chi connectivity index (χ2n) is 9.06. The third-order valence-electron chi connectivity index (χ3n) is 6.66. The third-order valence-corrected chi connectivity index (χ3v) is 7.67. The van der Waals surface area contributed by atoms with Gasteiger partial charge in [0.25, 0.3) is 5.91 Å². The number of carbonyl (C=O) groups excluding carboxylic acids is 3. The Hall–Kier alpha value is -2.10. The molecule has 180 valence electrons. The molecule has 3 aliphatic heterocycles. The van der Waals surface area contributed by atoms with E-state index in [0.717, 1.165) is 44.7 Å². The molecule has 0 aromatic heterocycles. The van der Waals surface area contributed by atoms with Crippen LogP contribution in [-0.4, -0.2) is 107 Å². The van der Waals surface area contributed by atoms with Gasteiger partial charge in [0.2, 0.25) is 11.8 Å². The largest absolute Gasteiger partial charge is 0.352 e. The van der Waals surface area contributed by atoms with Crippen molar-refractivity contribution in [2.75, 3.05) is 64.0 Å². The smallest absolute Gasteiger partial charge is 0.251 e. The van der Waals surface area contributed by atoms with Crippen LogP contribution in [0.25, 0.3) is 0 Å². The Morgan fingerprint density at radius 1 is 1.06 bits per heavy atom. The highest BCUT2D eigenvalue weighted by Crippen LogP contribution is 2.26. The summed E-state index contributed by atoms with van der Waals surface area (Å²) in [6, 6.07) is 7.02. The maximum atomic E-state index is 12.7. The van der Waals surface area contributed by atoms with Gasteiger partial charge in [-0.25, -0.2) is 0 Å². The van der Waals surface area contributed by atoms with Crippen LogP contribution >= 0.6 is 11.8 Å². The van der Waals surface area contributed by atoms with Crippen molar-refractivity contribution in [3.8, 4) is 0 Å². The van der Waals surface area contributed by atoms with E-state index in [-0.39, 0.29) is 30.3 Å². The number of thioether (sulfide) groups is 1. The van der Waals surface area contributed by atoms with Crippen molar-refractivity contribution in [3.63, 3.8) is 0 Å². The number of hydrogen-bond acceptors (Lipinski definition) is 6. The second-order valence-corrected chi connectivity index (χ2v) is 10.1. The first-order valence-corrected chi connectivity index (χ1v) is 13.2. The van der Waals surface area contributed by atoms with Gasteiger partial charge in [-0.1, -0.05) is 19.1 Å². The van der Waals surface area contributed by atoms with E-state index in [9.17, 15) is 14.4 Å². The fourth-order valence-corrected chi connectivity index (χ4v) is 5.88. The Morgan fingerprint density at radius 2 is 1.76 bits per heavy atom. The Labute approximate surface area is 200 Å². The zero-order valence-electron chi connectivity index (χ0n) is 19.5. The van der Waals surface area contributed by atoms with Gasteiger partial charge in [0.15, 0.2) is 0 Å². The molecule has 1 atom stereocenters. The summed E-state index contributed by atoms with van der Waals surface area (Å²) in [5.74, 6) is 1.26. The van der Waals surface area contributed by atoms with Crippen LogP contribution in [0.4, 0.5) is 0 Å². The van der Waals surface area contributed by atoms with Gasteiger partial charge in [0, 0.05) is 50.6 Å². The van der Waals surface area contributed by atoms with Crippen LogP contribution < -0.4 is 5.32 Å². The number of rotatable bonds is 9. The minimum absolute atomic E-state index is 0.0171. The predicted octanol–water partition coefficient (Wildman–Crippen LogP) is 1.08. The molecule has 3 aliphatic rings. The molecule has 3 heterocycles.